The lowest BCUT2D eigenvalue weighted by Crippen LogP contribution is -2.42. The number of anilines is 2. The van der Waals surface area contributed by atoms with Gasteiger partial charge in [-0.25, -0.2) is 8.42 Å². The lowest BCUT2D eigenvalue weighted by Gasteiger charge is -2.33. The first-order valence-corrected chi connectivity index (χ1v) is 10.4. The minimum absolute atomic E-state index is 0.0325. The Labute approximate surface area is 160 Å². The Kier molecular flexibility index (Phi) is 5.82. The molecule has 1 heterocycles. The summed E-state index contributed by atoms with van der Waals surface area (Å²) in [5, 5.41) is 0. The second-order valence-electron chi connectivity index (χ2n) is 6.70. The summed E-state index contributed by atoms with van der Waals surface area (Å²) in [4.78, 5) is 14.1. The number of ether oxygens (including phenoxy) is 1. The largest absolute Gasteiger partial charge is 0.381 e. The first kappa shape index (κ1) is 19.4. The van der Waals surface area contributed by atoms with Gasteiger partial charge in [-0.1, -0.05) is 17.7 Å². The fraction of sp³-hybridized carbons (Fsp3) is 0.350. The van der Waals surface area contributed by atoms with Gasteiger partial charge < -0.3 is 9.64 Å². The van der Waals surface area contributed by atoms with Crippen molar-refractivity contribution in [3.05, 3.63) is 54.1 Å². The molecular weight excluding hydrogens is 364 g/mol. The van der Waals surface area contributed by atoms with E-state index in [1.54, 1.807) is 60.4 Å². The van der Waals surface area contributed by atoms with Gasteiger partial charge in [-0.2, -0.15) is 0 Å². The molecule has 0 radical (unpaired) electrons. The van der Waals surface area contributed by atoms with Crippen molar-refractivity contribution in [2.45, 2.75) is 37.6 Å². The van der Waals surface area contributed by atoms with Crippen LogP contribution < -0.4 is 9.62 Å². The summed E-state index contributed by atoms with van der Waals surface area (Å²) in [6.45, 7) is 4.73. The van der Waals surface area contributed by atoms with Gasteiger partial charge >= 0.3 is 0 Å². The van der Waals surface area contributed by atoms with E-state index in [1.165, 1.54) is 0 Å². The summed E-state index contributed by atoms with van der Waals surface area (Å²) >= 11 is 0. The van der Waals surface area contributed by atoms with Crippen molar-refractivity contribution in [2.75, 3.05) is 22.8 Å². The molecule has 144 valence electrons. The van der Waals surface area contributed by atoms with E-state index in [4.69, 9.17) is 4.74 Å². The van der Waals surface area contributed by atoms with Crippen LogP contribution in [0.2, 0.25) is 0 Å². The predicted molar refractivity (Wildman–Crippen MR) is 105 cm³/mol. The first-order chi connectivity index (χ1) is 12.9. The number of carbonyl (C=O) groups is 1. The molecule has 1 aliphatic heterocycles. The number of carbonyl (C=O) groups excluding carboxylic acids is 1. The second-order valence-corrected chi connectivity index (χ2v) is 8.38. The summed E-state index contributed by atoms with van der Waals surface area (Å²) in [5.41, 5.74) is 2.21. The molecule has 3 rings (SSSR count). The Balaban J connectivity index is 1.77. The van der Waals surface area contributed by atoms with Gasteiger partial charge in [-0.05, 0) is 56.2 Å². The van der Waals surface area contributed by atoms with E-state index in [9.17, 15) is 13.2 Å². The van der Waals surface area contributed by atoms with Crippen LogP contribution in [0.5, 0.6) is 0 Å². The quantitative estimate of drug-likeness (QED) is 0.852. The average Bonchev–Trinajstić information content (AvgIpc) is 2.64. The summed E-state index contributed by atoms with van der Waals surface area (Å²) in [6.07, 6.45) is 1.59. The summed E-state index contributed by atoms with van der Waals surface area (Å²) < 4.78 is 32.9. The van der Waals surface area contributed by atoms with E-state index in [0.29, 0.717) is 18.9 Å². The lowest BCUT2D eigenvalue weighted by molar-refractivity contribution is -0.117. The van der Waals surface area contributed by atoms with Gasteiger partial charge in [-0.15, -0.1) is 0 Å². The SMILES string of the molecule is CC(=O)N(c1ccc(NS(=O)(=O)c2ccc(C)cc2)cc1)C1CCOCC1. The standard InChI is InChI=1S/C20H24N2O4S/c1-15-3-9-20(10-4-15)27(24,25)21-17-5-7-18(8-6-17)22(16(2)23)19-11-13-26-14-12-19/h3-10,19,21H,11-14H2,1-2H3. The minimum atomic E-state index is -3.65. The van der Waals surface area contributed by atoms with Crippen LogP contribution in [0.3, 0.4) is 0 Å². The second kappa shape index (κ2) is 8.10. The number of hydrogen-bond acceptors (Lipinski definition) is 4. The molecule has 1 amide bonds. The van der Waals surface area contributed by atoms with Crippen molar-refractivity contribution in [1.82, 2.24) is 0 Å². The summed E-state index contributed by atoms with van der Waals surface area (Å²) in [6, 6.07) is 13.7. The maximum absolute atomic E-state index is 12.5. The zero-order valence-corrected chi connectivity index (χ0v) is 16.3. The molecule has 0 unspecified atom stereocenters. The van der Waals surface area contributed by atoms with E-state index in [0.717, 1.165) is 24.1 Å². The van der Waals surface area contributed by atoms with Gasteiger partial charge in [-0.3, -0.25) is 9.52 Å². The molecule has 1 saturated heterocycles. The Morgan fingerprint density at radius 2 is 1.63 bits per heavy atom. The molecule has 2 aromatic carbocycles. The fourth-order valence-corrected chi connectivity index (χ4v) is 4.27. The molecule has 6 nitrogen and oxygen atoms in total. The third-order valence-corrected chi connectivity index (χ3v) is 6.02. The van der Waals surface area contributed by atoms with E-state index < -0.39 is 10.0 Å². The van der Waals surface area contributed by atoms with Crippen molar-refractivity contribution in [2.24, 2.45) is 0 Å². The van der Waals surface area contributed by atoms with Gasteiger partial charge in [0.15, 0.2) is 0 Å². The van der Waals surface area contributed by atoms with E-state index in [-0.39, 0.29) is 16.8 Å². The normalized spacial score (nSPS) is 15.3. The highest BCUT2D eigenvalue weighted by Crippen LogP contribution is 2.26. The lowest BCUT2D eigenvalue weighted by atomic mass is 10.1. The first-order valence-electron chi connectivity index (χ1n) is 8.94. The van der Waals surface area contributed by atoms with E-state index in [1.807, 2.05) is 6.92 Å². The summed E-state index contributed by atoms with van der Waals surface area (Å²) in [5.74, 6) is -0.0325. The average molecular weight is 388 g/mol. The van der Waals surface area contributed by atoms with Crippen molar-refractivity contribution < 1.29 is 17.9 Å². The van der Waals surface area contributed by atoms with Crippen molar-refractivity contribution >= 4 is 27.3 Å². The molecule has 0 aromatic heterocycles. The molecule has 1 fully saturated rings. The number of aryl methyl sites for hydroxylation is 1. The number of nitrogens with one attached hydrogen (secondary N) is 1. The van der Waals surface area contributed by atoms with Crippen LogP contribution in [-0.2, 0) is 19.6 Å². The molecule has 1 aliphatic rings. The number of benzene rings is 2. The van der Waals surface area contributed by atoms with E-state index >= 15 is 0 Å². The maximum Gasteiger partial charge on any atom is 0.261 e. The highest BCUT2D eigenvalue weighted by Gasteiger charge is 2.25. The van der Waals surface area contributed by atoms with E-state index in [2.05, 4.69) is 4.72 Å². The molecule has 0 saturated carbocycles. The van der Waals surface area contributed by atoms with Crippen molar-refractivity contribution in [1.29, 1.82) is 0 Å². The van der Waals surface area contributed by atoms with Gasteiger partial charge in [0.25, 0.3) is 10.0 Å². The number of amides is 1. The molecule has 0 spiro atoms. The zero-order valence-electron chi connectivity index (χ0n) is 15.5. The maximum atomic E-state index is 12.5. The minimum Gasteiger partial charge on any atom is -0.381 e. The van der Waals surface area contributed by atoms with Gasteiger partial charge in [0.05, 0.1) is 4.90 Å². The molecule has 7 heteroatoms. The highest BCUT2D eigenvalue weighted by atomic mass is 32.2. The van der Waals surface area contributed by atoms with Crippen LogP contribution in [0.4, 0.5) is 11.4 Å². The number of hydrogen-bond donors (Lipinski definition) is 1. The molecule has 0 atom stereocenters. The van der Waals surface area contributed by atoms with Crippen LogP contribution in [0.1, 0.15) is 25.3 Å². The van der Waals surface area contributed by atoms with Crippen molar-refractivity contribution in [3.63, 3.8) is 0 Å². The molecule has 0 aliphatic carbocycles. The number of rotatable bonds is 5. The van der Waals surface area contributed by atoms with Crippen LogP contribution in [0.25, 0.3) is 0 Å². The van der Waals surface area contributed by atoms with Crippen LogP contribution in [0.15, 0.2) is 53.4 Å². The molecule has 2 aromatic rings. The summed E-state index contributed by atoms with van der Waals surface area (Å²) in [7, 11) is -3.65. The molecular formula is C20H24N2O4S. The Bertz CT molecular complexity index is 887. The molecule has 1 N–H and O–H groups in total. The Hall–Kier alpha value is -2.38. The van der Waals surface area contributed by atoms with Crippen LogP contribution >= 0.6 is 0 Å². The van der Waals surface area contributed by atoms with Gasteiger partial charge in [0.2, 0.25) is 5.91 Å². The third kappa shape index (κ3) is 4.67. The smallest absolute Gasteiger partial charge is 0.261 e. The predicted octanol–water partition coefficient (Wildman–Crippen LogP) is 3.33. The highest BCUT2D eigenvalue weighted by molar-refractivity contribution is 7.92. The van der Waals surface area contributed by atoms with Gasteiger partial charge in [0, 0.05) is 37.6 Å². The third-order valence-electron chi connectivity index (χ3n) is 4.62. The van der Waals surface area contributed by atoms with Gasteiger partial charge in [0.1, 0.15) is 0 Å². The zero-order chi connectivity index (χ0) is 19.4. The van der Waals surface area contributed by atoms with Crippen LogP contribution in [-0.4, -0.2) is 33.6 Å². The Morgan fingerprint density at radius 3 is 2.19 bits per heavy atom. The molecule has 0 bridgehead atoms. The molecule has 27 heavy (non-hydrogen) atoms. The number of sulfonamides is 1. The number of nitrogens with zero attached hydrogens (tertiary/aromatic N) is 1. The van der Waals surface area contributed by atoms with Crippen molar-refractivity contribution in [3.8, 4) is 0 Å². The fourth-order valence-electron chi connectivity index (χ4n) is 3.21. The monoisotopic (exact) mass is 388 g/mol. The topological polar surface area (TPSA) is 75.7 Å². The van der Waals surface area contributed by atoms with Crippen LogP contribution in [0, 0.1) is 6.92 Å². The Morgan fingerprint density at radius 1 is 1.04 bits per heavy atom.